The van der Waals surface area contributed by atoms with Crippen molar-refractivity contribution in [3.05, 3.63) is 29.7 Å². The molecule has 1 aromatic rings. The second-order valence-corrected chi connectivity index (χ2v) is 2.91. The third-order valence-electron chi connectivity index (χ3n) is 1.49. The molecule has 0 fully saturated rings. The highest BCUT2D eigenvalue weighted by molar-refractivity contribution is 6.18. The van der Waals surface area contributed by atoms with E-state index in [9.17, 15) is 0 Å². The molecule has 0 atom stereocenters. The minimum Gasteiger partial charge on any atom is -0.361 e. The summed E-state index contributed by atoms with van der Waals surface area (Å²) in [4.78, 5) is 0. The van der Waals surface area contributed by atoms with Crippen LogP contribution in [0.4, 0.5) is 0 Å². The van der Waals surface area contributed by atoms with Gasteiger partial charge >= 0.3 is 0 Å². The van der Waals surface area contributed by atoms with E-state index >= 15 is 0 Å². The van der Waals surface area contributed by atoms with Crippen molar-refractivity contribution in [2.24, 2.45) is 0 Å². The molecule has 0 saturated heterocycles. The third-order valence-corrected chi connectivity index (χ3v) is 1.67. The van der Waals surface area contributed by atoms with Crippen molar-refractivity contribution in [1.82, 2.24) is 5.16 Å². The summed E-state index contributed by atoms with van der Waals surface area (Å²) in [5, 5.41) is 3.79. The van der Waals surface area contributed by atoms with E-state index < -0.39 is 0 Å². The minimum atomic E-state index is 0.579. The Morgan fingerprint density at radius 1 is 1.58 bits per heavy atom. The predicted octanol–water partition coefficient (Wildman–Crippen LogP) is 2.71. The van der Waals surface area contributed by atoms with Gasteiger partial charge in [0.05, 0.1) is 5.69 Å². The van der Waals surface area contributed by atoms with Gasteiger partial charge in [0, 0.05) is 18.4 Å². The van der Waals surface area contributed by atoms with Crippen LogP contribution in [0.1, 0.15) is 17.9 Å². The Hall–Kier alpha value is -0.760. The molecule has 0 radical (unpaired) electrons. The lowest BCUT2D eigenvalue weighted by atomic mass is 10.2. The Bertz CT molecular complexity index is 255. The number of aromatic nitrogens is 1. The maximum absolute atomic E-state index is 5.46. The van der Waals surface area contributed by atoms with Crippen LogP contribution in [0.3, 0.4) is 0 Å². The zero-order valence-electron chi connectivity index (χ0n) is 7.09. The normalized spacial score (nSPS) is 11.2. The summed E-state index contributed by atoms with van der Waals surface area (Å²) in [6.45, 7) is 1.92. The maximum atomic E-state index is 5.46. The second-order valence-electron chi connectivity index (χ2n) is 2.60. The van der Waals surface area contributed by atoms with Crippen LogP contribution in [0, 0.1) is 6.92 Å². The van der Waals surface area contributed by atoms with Gasteiger partial charge in [0.2, 0.25) is 0 Å². The van der Waals surface area contributed by atoms with E-state index in [1.165, 1.54) is 0 Å². The van der Waals surface area contributed by atoms with Crippen LogP contribution in [0.2, 0.25) is 0 Å². The highest BCUT2D eigenvalue weighted by Gasteiger charge is 1.97. The molecule has 0 unspecified atom stereocenters. The molecule has 1 heterocycles. The smallest absolute Gasteiger partial charge is 0.137 e. The van der Waals surface area contributed by atoms with Gasteiger partial charge in [-0.2, -0.15) is 0 Å². The van der Waals surface area contributed by atoms with Crippen molar-refractivity contribution in [3.8, 4) is 0 Å². The first-order valence-electron chi connectivity index (χ1n) is 3.96. The van der Waals surface area contributed by atoms with Crippen LogP contribution in [-0.4, -0.2) is 11.0 Å². The summed E-state index contributed by atoms with van der Waals surface area (Å²) in [5.74, 6) is 1.52. The summed E-state index contributed by atoms with van der Waals surface area (Å²) in [6, 6.07) is 1.95. The standard InChI is InChI=1S/C9H12ClNO/c1-8-7-9(12-11-8)5-3-2-4-6-10/h2,4,7H,3,5-6H2,1H3/b4-2-. The zero-order chi connectivity index (χ0) is 8.81. The van der Waals surface area contributed by atoms with Gasteiger partial charge in [-0.05, 0) is 13.3 Å². The molecule has 0 aliphatic heterocycles. The summed E-state index contributed by atoms with van der Waals surface area (Å²) >= 11 is 5.46. The highest BCUT2D eigenvalue weighted by atomic mass is 35.5. The molecule has 0 N–H and O–H groups in total. The topological polar surface area (TPSA) is 26.0 Å². The average Bonchev–Trinajstić information content (AvgIpc) is 2.45. The third kappa shape index (κ3) is 3.09. The number of halogens is 1. The Morgan fingerprint density at radius 2 is 2.42 bits per heavy atom. The molecule has 0 amide bonds. The summed E-state index contributed by atoms with van der Waals surface area (Å²) in [5.41, 5.74) is 0.936. The fraction of sp³-hybridized carbons (Fsp3) is 0.444. The number of aryl methyl sites for hydroxylation is 2. The molecule has 1 rings (SSSR count). The molecule has 0 aromatic carbocycles. The lowest BCUT2D eigenvalue weighted by molar-refractivity contribution is 0.380. The maximum Gasteiger partial charge on any atom is 0.137 e. The van der Waals surface area contributed by atoms with Crippen LogP contribution in [0.15, 0.2) is 22.7 Å². The molecule has 2 nitrogen and oxygen atoms in total. The Kier molecular flexibility index (Phi) is 3.88. The first-order valence-corrected chi connectivity index (χ1v) is 4.49. The molecular formula is C9H12ClNO. The number of allylic oxidation sites excluding steroid dienone is 2. The number of hydrogen-bond donors (Lipinski definition) is 0. The van der Waals surface area contributed by atoms with Crippen molar-refractivity contribution < 1.29 is 4.52 Å². The lowest BCUT2D eigenvalue weighted by Gasteiger charge is -1.87. The summed E-state index contributed by atoms with van der Waals surface area (Å²) < 4.78 is 5.03. The second kappa shape index (κ2) is 4.99. The summed E-state index contributed by atoms with van der Waals surface area (Å²) in [7, 11) is 0. The van der Waals surface area contributed by atoms with Crippen LogP contribution < -0.4 is 0 Å². The number of alkyl halides is 1. The SMILES string of the molecule is Cc1cc(CC/C=C\CCl)on1. The van der Waals surface area contributed by atoms with E-state index in [0.717, 1.165) is 24.3 Å². The molecule has 0 bridgehead atoms. The van der Waals surface area contributed by atoms with E-state index in [1.807, 2.05) is 25.1 Å². The van der Waals surface area contributed by atoms with E-state index in [2.05, 4.69) is 5.16 Å². The molecule has 66 valence electrons. The van der Waals surface area contributed by atoms with Crippen molar-refractivity contribution in [3.63, 3.8) is 0 Å². The van der Waals surface area contributed by atoms with Crippen molar-refractivity contribution >= 4 is 11.6 Å². The van der Waals surface area contributed by atoms with Crippen molar-refractivity contribution in [2.75, 3.05) is 5.88 Å². The monoisotopic (exact) mass is 185 g/mol. The van der Waals surface area contributed by atoms with Gasteiger partial charge in [0.15, 0.2) is 0 Å². The fourth-order valence-electron chi connectivity index (χ4n) is 0.941. The fourth-order valence-corrected chi connectivity index (χ4v) is 1.07. The molecule has 0 aliphatic carbocycles. The van der Waals surface area contributed by atoms with Gasteiger partial charge in [-0.15, -0.1) is 11.6 Å². The van der Waals surface area contributed by atoms with Gasteiger partial charge in [0.1, 0.15) is 5.76 Å². The summed E-state index contributed by atoms with van der Waals surface area (Å²) in [6.07, 6.45) is 5.84. The largest absolute Gasteiger partial charge is 0.361 e. The lowest BCUT2D eigenvalue weighted by Crippen LogP contribution is -1.77. The van der Waals surface area contributed by atoms with E-state index in [0.29, 0.717) is 5.88 Å². The molecular weight excluding hydrogens is 174 g/mol. The van der Waals surface area contributed by atoms with Gasteiger partial charge in [-0.1, -0.05) is 17.3 Å². The minimum absolute atomic E-state index is 0.579. The van der Waals surface area contributed by atoms with Gasteiger partial charge in [-0.3, -0.25) is 0 Å². The average molecular weight is 186 g/mol. The van der Waals surface area contributed by atoms with Crippen LogP contribution in [0.5, 0.6) is 0 Å². The molecule has 0 aliphatic rings. The Balaban J connectivity index is 2.28. The number of nitrogens with zero attached hydrogens (tertiary/aromatic N) is 1. The number of hydrogen-bond acceptors (Lipinski definition) is 2. The molecule has 12 heavy (non-hydrogen) atoms. The molecule has 3 heteroatoms. The Morgan fingerprint density at radius 3 is 3.00 bits per heavy atom. The van der Waals surface area contributed by atoms with Crippen LogP contribution in [-0.2, 0) is 6.42 Å². The first-order chi connectivity index (χ1) is 5.83. The highest BCUT2D eigenvalue weighted by Crippen LogP contribution is 2.05. The quantitative estimate of drug-likeness (QED) is 0.533. The van der Waals surface area contributed by atoms with Gasteiger partial charge < -0.3 is 4.52 Å². The van der Waals surface area contributed by atoms with Gasteiger partial charge in [-0.25, -0.2) is 0 Å². The van der Waals surface area contributed by atoms with E-state index in [-0.39, 0.29) is 0 Å². The van der Waals surface area contributed by atoms with Gasteiger partial charge in [0.25, 0.3) is 0 Å². The number of rotatable bonds is 4. The van der Waals surface area contributed by atoms with Crippen molar-refractivity contribution in [2.45, 2.75) is 19.8 Å². The first kappa shape index (κ1) is 9.33. The van der Waals surface area contributed by atoms with Crippen LogP contribution >= 0.6 is 11.6 Å². The Labute approximate surface area is 77.2 Å². The van der Waals surface area contributed by atoms with E-state index in [4.69, 9.17) is 16.1 Å². The van der Waals surface area contributed by atoms with Crippen LogP contribution in [0.25, 0.3) is 0 Å². The molecule has 1 aromatic heterocycles. The zero-order valence-corrected chi connectivity index (χ0v) is 7.84. The predicted molar refractivity (Wildman–Crippen MR) is 49.4 cm³/mol. The van der Waals surface area contributed by atoms with Crippen molar-refractivity contribution in [1.29, 1.82) is 0 Å². The molecule has 0 spiro atoms. The van der Waals surface area contributed by atoms with E-state index in [1.54, 1.807) is 0 Å². The molecule has 0 saturated carbocycles.